The number of aromatic hydroxyl groups is 1. The van der Waals surface area contributed by atoms with Crippen LogP contribution in [0.2, 0.25) is 0 Å². The van der Waals surface area contributed by atoms with Crippen LogP contribution in [0.15, 0.2) is 90.1 Å². The summed E-state index contributed by atoms with van der Waals surface area (Å²) in [7, 11) is 0. The molecule has 27 heteroatoms. The van der Waals surface area contributed by atoms with Crippen LogP contribution in [0.25, 0.3) is 10.9 Å². The fraction of sp³-hybridized carbons (Fsp3) is 0.467. The number of amides is 9. The van der Waals surface area contributed by atoms with Gasteiger partial charge in [-0.05, 0) is 73.4 Å². The van der Waals surface area contributed by atoms with E-state index in [0.717, 1.165) is 21.4 Å². The van der Waals surface area contributed by atoms with Gasteiger partial charge in [-0.3, -0.25) is 52.9 Å². The number of nitrogens with two attached hydrogens (primary N) is 4. The number of aliphatic hydroxyl groups excluding tert-OH is 2. The van der Waals surface area contributed by atoms with E-state index in [2.05, 4.69) is 41.9 Å². The molecule has 87 heavy (non-hydrogen) atoms. The summed E-state index contributed by atoms with van der Waals surface area (Å²) in [5, 5.41) is 47.6. The maximum atomic E-state index is 14.2. The molecule has 0 radical (unpaired) electrons. The second-order valence-corrected chi connectivity index (χ2v) is 22.3. The number of aliphatic hydroxyl groups is 2. The summed E-state index contributed by atoms with van der Waals surface area (Å²) in [6.45, 7) is 5.06. The number of aliphatic imine (C=N–C) groups is 1. The van der Waals surface area contributed by atoms with Gasteiger partial charge in [-0.15, -0.1) is 0 Å². The third kappa shape index (κ3) is 21.7. The second kappa shape index (κ2) is 32.9. The second-order valence-electron chi connectivity index (χ2n) is 22.3. The lowest BCUT2D eigenvalue weighted by molar-refractivity contribution is -0.142. The molecule has 0 saturated carbocycles. The van der Waals surface area contributed by atoms with Crippen molar-refractivity contribution in [3.05, 3.63) is 102 Å². The quantitative estimate of drug-likeness (QED) is 0.0152. The molecule has 9 amide bonds. The fourth-order valence-electron chi connectivity index (χ4n) is 10.3. The normalized spacial score (nSPS) is 16.6. The minimum absolute atomic E-state index is 0.0412. The van der Waals surface area contributed by atoms with E-state index in [1.165, 1.54) is 38.1 Å². The highest BCUT2D eigenvalue weighted by Crippen LogP contribution is 2.24. The zero-order valence-corrected chi connectivity index (χ0v) is 49.2. The molecule has 2 heterocycles. The maximum Gasteiger partial charge on any atom is 0.315 e. The van der Waals surface area contributed by atoms with E-state index < -0.39 is 151 Å². The Morgan fingerprint density at radius 3 is 1.95 bits per heavy atom. The first kappa shape index (κ1) is 68.5. The number of likely N-dealkylation sites (tertiary alicyclic amines) is 1. The number of guanidine groups is 1. The Morgan fingerprint density at radius 2 is 1.32 bits per heavy atom. The topological polar surface area (TPSA) is 456 Å². The third-order valence-corrected chi connectivity index (χ3v) is 14.8. The number of urea groups is 1. The first-order valence-corrected chi connectivity index (χ1v) is 28.7. The van der Waals surface area contributed by atoms with E-state index >= 15 is 0 Å². The molecule has 3 aromatic carbocycles. The Morgan fingerprint density at radius 1 is 0.690 bits per heavy atom. The molecule has 10 atom stereocenters. The molecule has 1 saturated heterocycles. The number of Topliss-reactive ketones (excluding diaryl/α,β-unsaturated/α-hetero) is 3. The van der Waals surface area contributed by atoms with Crippen LogP contribution in [0.4, 0.5) is 4.79 Å². The zero-order chi connectivity index (χ0) is 64.1. The Balaban J connectivity index is 1.27. The van der Waals surface area contributed by atoms with Crippen molar-refractivity contribution in [2.75, 3.05) is 19.6 Å². The number of H-pyrrole nitrogens is 1. The molecule has 1 aliphatic rings. The van der Waals surface area contributed by atoms with Crippen LogP contribution in [0.1, 0.15) is 89.3 Å². The molecule has 1 aliphatic heterocycles. The van der Waals surface area contributed by atoms with Gasteiger partial charge >= 0.3 is 6.03 Å². The van der Waals surface area contributed by atoms with E-state index in [1.807, 2.05) is 24.3 Å². The Hall–Kier alpha value is -9.24. The lowest BCUT2D eigenvalue weighted by Gasteiger charge is -2.30. The molecule has 470 valence electrons. The van der Waals surface area contributed by atoms with Crippen LogP contribution in [0, 0.1) is 17.8 Å². The maximum absolute atomic E-state index is 14.2. The molecule has 4 aromatic rings. The highest BCUT2D eigenvalue weighted by atomic mass is 16.3. The van der Waals surface area contributed by atoms with Crippen molar-refractivity contribution in [1.29, 1.82) is 0 Å². The number of hydrogen-bond acceptors (Lipinski definition) is 15. The average molecular weight is 1210 g/mol. The van der Waals surface area contributed by atoms with Gasteiger partial charge in [0.25, 0.3) is 0 Å². The fourth-order valence-corrected chi connectivity index (χ4v) is 10.3. The van der Waals surface area contributed by atoms with Crippen LogP contribution in [0.5, 0.6) is 5.75 Å². The monoisotopic (exact) mass is 1210 g/mol. The van der Waals surface area contributed by atoms with Gasteiger partial charge in [0.2, 0.25) is 41.4 Å². The van der Waals surface area contributed by atoms with Crippen LogP contribution in [-0.2, 0) is 67.2 Å². The minimum atomic E-state index is -1.72. The Bertz CT molecular complexity index is 3110. The van der Waals surface area contributed by atoms with Crippen molar-refractivity contribution < 1.29 is 68.1 Å². The number of para-hydroxylation sites is 1. The Kier molecular flexibility index (Phi) is 25.9. The Labute approximate surface area is 503 Å². The smallest absolute Gasteiger partial charge is 0.315 e. The number of nitrogens with zero attached hydrogens (tertiary/aromatic N) is 2. The summed E-state index contributed by atoms with van der Waals surface area (Å²) in [4.78, 5) is 158. The summed E-state index contributed by atoms with van der Waals surface area (Å²) >= 11 is 0. The van der Waals surface area contributed by atoms with E-state index in [1.54, 1.807) is 50.4 Å². The van der Waals surface area contributed by atoms with Crippen LogP contribution < -0.4 is 54.8 Å². The van der Waals surface area contributed by atoms with Gasteiger partial charge in [0, 0.05) is 75.1 Å². The van der Waals surface area contributed by atoms with Crippen LogP contribution >= 0.6 is 0 Å². The number of carbonyl (C=O) groups excluding carboxylic acids is 11. The molecular formula is C60H81N13O14. The summed E-state index contributed by atoms with van der Waals surface area (Å²) in [5.41, 5.74) is 25.0. The molecule has 0 spiro atoms. The van der Waals surface area contributed by atoms with Crippen LogP contribution in [0.3, 0.4) is 0 Å². The van der Waals surface area contributed by atoms with E-state index in [9.17, 15) is 68.1 Å². The minimum Gasteiger partial charge on any atom is -0.508 e. The van der Waals surface area contributed by atoms with Crippen molar-refractivity contribution in [2.45, 2.75) is 140 Å². The van der Waals surface area contributed by atoms with Crippen molar-refractivity contribution in [1.82, 2.24) is 41.8 Å². The number of hydrogen-bond donors (Lipinski definition) is 14. The number of phenols is 1. The van der Waals surface area contributed by atoms with Gasteiger partial charge in [-0.1, -0.05) is 74.5 Å². The molecular weight excluding hydrogens is 1130 g/mol. The first-order chi connectivity index (χ1) is 41.2. The number of carbonyl (C=O) groups is 11. The number of β-amino-alcohol motifs (C(OH)–C–C–N with tert-alkyl or cyclic N) is 1. The van der Waals surface area contributed by atoms with Crippen LogP contribution in [-0.4, -0.2) is 164 Å². The molecule has 18 N–H and O–H groups in total. The molecule has 0 aliphatic carbocycles. The number of nitrogens with one attached hydrogen (secondary N) is 7. The molecule has 5 rings (SSSR count). The number of aromatic amines is 1. The van der Waals surface area contributed by atoms with E-state index in [0.29, 0.717) is 11.1 Å². The molecule has 1 aromatic heterocycles. The number of fused-ring (bicyclic) bond motifs is 1. The average Bonchev–Trinajstić information content (AvgIpc) is 2.13. The SMILES string of the molecule is CC(=O)N[C@H](Cc1ccc(O)cc1)C(=O)N1C[C@H](O)C[C@H]1C(=O)N[C@@H](CC(N)=O)C(=O)C[C@H](C(=O)N[C@@H](Cc1ccccc1)C(=O)CNC(=O)N[C@@H](CC(C)C)C(=O)C[C@@H](CCCN=C(N)N)C(=O)N[C@@H](Cc1c[nH]c2ccccc12)C(N)=O)[C@@H](C)O. The number of ketones is 3. The first-order valence-electron chi connectivity index (χ1n) is 28.7. The summed E-state index contributed by atoms with van der Waals surface area (Å²) in [6, 6.07) is 12.6. The highest BCUT2D eigenvalue weighted by Gasteiger charge is 2.43. The van der Waals surface area contributed by atoms with Gasteiger partial charge < -0.3 is 80.0 Å². The number of aromatic nitrogens is 1. The molecule has 27 nitrogen and oxygen atoms in total. The largest absolute Gasteiger partial charge is 0.508 e. The number of primary amides is 2. The summed E-state index contributed by atoms with van der Waals surface area (Å²) in [5.74, 6) is -11.1. The van der Waals surface area contributed by atoms with Gasteiger partial charge in [0.1, 0.15) is 23.9 Å². The van der Waals surface area contributed by atoms with Crippen molar-refractivity contribution in [3.8, 4) is 5.75 Å². The molecule has 1 fully saturated rings. The van der Waals surface area contributed by atoms with Gasteiger partial charge in [0.15, 0.2) is 23.3 Å². The standard InChI is InChI=1S/C60H81N13O14/c1-32(2)21-44(50(78)25-37(13-10-20-65-59(63)64)55(83)71-47(54(62)82)24-38-29-66-43-15-9-8-14-41(38)43)72-60(87)67-30-52(80)45(22-35-11-6-5-7-12-35)69-56(84)42(33(3)74)27-51(79)46(28-53(61)81)70-57(85)49-26-40(77)31-73(49)58(86)48(68-34(4)75)23-36-16-18-39(76)19-17-36/h5-9,11-12,14-19,29,32-33,37,40,42,44-49,66,74,76-77H,10,13,20-28,30-31H2,1-4H3,(H2,61,81)(H2,62,82)(H,68,75)(H,69,84)(H,70,85)(H,71,83)(H4,63,64,65)(H2,67,72,87)/t33-,37-,40-,42+,44+,45+,46+,47+,48-,49+/m1/s1. The zero-order valence-electron chi connectivity index (χ0n) is 49.2. The van der Waals surface area contributed by atoms with Gasteiger partial charge in [-0.2, -0.15) is 0 Å². The molecule has 0 unspecified atom stereocenters. The van der Waals surface area contributed by atoms with Crippen molar-refractivity contribution in [2.24, 2.45) is 45.7 Å². The predicted octanol–water partition coefficient (Wildman–Crippen LogP) is -0.949. The molecule has 0 bridgehead atoms. The van der Waals surface area contributed by atoms with E-state index in [-0.39, 0.29) is 75.7 Å². The summed E-state index contributed by atoms with van der Waals surface area (Å²) in [6.07, 6.45) is -3.10. The lowest BCUT2D eigenvalue weighted by Crippen LogP contribution is -2.56. The number of rotatable bonds is 34. The van der Waals surface area contributed by atoms with E-state index in [4.69, 9.17) is 22.9 Å². The van der Waals surface area contributed by atoms with Gasteiger partial charge in [0.05, 0.1) is 49.2 Å². The number of phenolic OH excluding ortho intramolecular Hbond substituents is 1. The van der Waals surface area contributed by atoms with Gasteiger partial charge in [-0.25, -0.2) is 4.79 Å². The summed E-state index contributed by atoms with van der Waals surface area (Å²) < 4.78 is 0. The van der Waals surface area contributed by atoms with Crippen molar-refractivity contribution >= 4 is 81.6 Å². The lowest BCUT2D eigenvalue weighted by atomic mass is 9.90. The highest BCUT2D eigenvalue weighted by molar-refractivity contribution is 6.00. The van der Waals surface area contributed by atoms with Crippen molar-refractivity contribution in [3.63, 3.8) is 0 Å². The predicted molar refractivity (Wildman–Crippen MR) is 319 cm³/mol. The number of benzene rings is 3. The third-order valence-electron chi connectivity index (χ3n) is 14.8.